The number of carbonyl (C=O) groups excluding carboxylic acids is 1. The van der Waals surface area contributed by atoms with E-state index in [9.17, 15) is 4.79 Å². The molecule has 0 radical (unpaired) electrons. The SMILES string of the molecule is O=Cc1ccccc1.[Zn]. The first-order valence-electron chi connectivity index (χ1n) is 2.44. The Morgan fingerprint density at radius 3 is 2.00 bits per heavy atom. The molecule has 1 aromatic carbocycles. The molecule has 0 heterocycles. The van der Waals surface area contributed by atoms with Gasteiger partial charge in [-0.25, -0.2) is 0 Å². The molecular formula is C7H6OZn. The summed E-state index contributed by atoms with van der Waals surface area (Å²) in [5.41, 5.74) is 0.729. The maximum Gasteiger partial charge on any atom is 0.150 e. The molecule has 0 aliphatic heterocycles. The number of aldehydes is 1. The molecule has 0 bridgehead atoms. The van der Waals surface area contributed by atoms with E-state index >= 15 is 0 Å². The van der Waals surface area contributed by atoms with Crippen LogP contribution >= 0.6 is 0 Å². The smallest absolute Gasteiger partial charge is 0.150 e. The van der Waals surface area contributed by atoms with Gasteiger partial charge in [-0.2, -0.15) is 0 Å². The molecule has 0 unspecified atom stereocenters. The van der Waals surface area contributed by atoms with Crippen LogP contribution in [0.4, 0.5) is 0 Å². The molecule has 42 valence electrons. The third-order valence-electron chi connectivity index (χ3n) is 0.936. The van der Waals surface area contributed by atoms with Gasteiger partial charge in [-0.3, -0.25) is 4.79 Å². The molecule has 0 aliphatic rings. The van der Waals surface area contributed by atoms with Crippen LogP contribution in [0.5, 0.6) is 0 Å². The third-order valence-corrected chi connectivity index (χ3v) is 0.936. The number of hydrogen-bond acceptors (Lipinski definition) is 1. The van der Waals surface area contributed by atoms with Crippen LogP contribution in [0.3, 0.4) is 0 Å². The fourth-order valence-corrected chi connectivity index (χ4v) is 0.532. The zero-order valence-electron chi connectivity index (χ0n) is 5.08. The fraction of sp³-hybridized carbons (Fsp3) is 0. The molecule has 1 aromatic rings. The summed E-state index contributed by atoms with van der Waals surface area (Å²) in [4.78, 5) is 10.0. The van der Waals surface area contributed by atoms with Crippen LogP contribution in [-0.4, -0.2) is 6.29 Å². The van der Waals surface area contributed by atoms with Gasteiger partial charge in [-0.1, -0.05) is 30.3 Å². The van der Waals surface area contributed by atoms with Gasteiger partial charge in [0.1, 0.15) is 6.29 Å². The average Bonchev–Trinajstić information content (AvgIpc) is 1.90. The maximum absolute atomic E-state index is 10.0. The summed E-state index contributed by atoms with van der Waals surface area (Å²) in [5, 5.41) is 0. The summed E-state index contributed by atoms with van der Waals surface area (Å²) >= 11 is 0. The van der Waals surface area contributed by atoms with E-state index in [1.165, 1.54) is 0 Å². The Balaban J connectivity index is 0.000000640. The topological polar surface area (TPSA) is 17.1 Å². The van der Waals surface area contributed by atoms with Crippen molar-refractivity contribution in [1.29, 1.82) is 0 Å². The van der Waals surface area contributed by atoms with E-state index in [0.29, 0.717) is 0 Å². The van der Waals surface area contributed by atoms with Crippen molar-refractivity contribution in [2.75, 3.05) is 0 Å². The Labute approximate surface area is 66.8 Å². The van der Waals surface area contributed by atoms with E-state index < -0.39 is 0 Å². The van der Waals surface area contributed by atoms with E-state index in [1.54, 1.807) is 12.1 Å². The molecular weight excluding hydrogens is 165 g/mol. The van der Waals surface area contributed by atoms with Crippen LogP contribution in [0.25, 0.3) is 0 Å². The second kappa shape index (κ2) is 4.40. The van der Waals surface area contributed by atoms with Crippen molar-refractivity contribution in [3.63, 3.8) is 0 Å². The zero-order chi connectivity index (χ0) is 5.82. The number of benzene rings is 1. The third kappa shape index (κ3) is 2.52. The van der Waals surface area contributed by atoms with E-state index in [0.717, 1.165) is 11.8 Å². The van der Waals surface area contributed by atoms with E-state index in [1.807, 2.05) is 18.2 Å². The molecule has 0 spiro atoms. The zero-order valence-corrected chi connectivity index (χ0v) is 8.05. The normalized spacial score (nSPS) is 7.56. The predicted molar refractivity (Wildman–Crippen MR) is 31.8 cm³/mol. The van der Waals surface area contributed by atoms with Gasteiger partial charge in [0, 0.05) is 25.0 Å². The van der Waals surface area contributed by atoms with Crippen LogP contribution in [0, 0.1) is 0 Å². The summed E-state index contributed by atoms with van der Waals surface area (Å²) in [7, 11) is 0. The fourth-order valence-electron chi connectivity index (χ4n) is 0.532. The van der Waals surface area contributed by atoms with Gasteiger partial charge in [0.05, 0.1) is 0 Å². The van der Waals surface area contributed by atoms with Crippen LogP contribution < -0.4 is 0 Å². The minimum atomic E-state index is 0. The molecule has 0 saturated heterocycles. The molecule has 0 N–H and O–H groups in total. The van der Waals surface area contributed by atoms with E-state index in [2.05, 4.69) is 0 Å². The summed E-state index contributed by atoms with van der Waals surface area (Å²) in [6, 6.07) is 9.10. The van der Waals surface area contributed by atoms with Gasteiger partial charge in [0.15, 0.2) is 0 Å². The summed E-state index contributed by atoms with van der Waals surface area (Å²) in [6.45, 7) is 0. The quantitative estimate of drug-likeness (QED) is 0.462. The van der Waals surface area contributed by atoms with Crippen molar-refractivity contribution in [3.05, 3.63) is 35.9 Å². The summed E-state index contributed by atoms with van der Waals surface area (Å²) in [6.07, 6.45) is 0.833. The second-order valence-corrected chi connectivity index (χ2v) is 1.53. The van der Waals surface area contributed by atoms with Crippen molar-refractivity contribution in [1.82, 2.24) is 0 Å². The van der Waals surface area contributed by atoms with Crippen molar-refractivity contribution in [2.45, 2.75) is 0 Å². The Morgan fingerprint density at radius 1 is 1.11 bits per heavy atom. The van der Waals surface area contributed by atoms with E-state index in [-0.39, 0.29) is 19.5 Å². The summed E-state index contributed by atoms with van der Waals surface area (Å²) < 4.78 is 0. The van der Waals surface area contributed by atoms with Crippen molar-refractivity contribution >= 4 is 6.29 Å². The average molecular weight is 172 g/mol. The molecule has 0 atom stereocenters. The van der Waals surface area contributed by atoms with Gasteiger partial charge in [-0.05, 0) is 0 Å². The molecule has 0 aliphatic carbocycles. The first-order valence-corrected chi connectivity index (χ1v) is 2.44. The van der Waals surface area contributed by atoms with Crippen molar-refractivity contribution < 1.29 is 24.3 Å². The largest absolute Gasteiger partial charge is 0.298 e. The molecule has 9 heavy (non-hydrogen) atoms. The minimum absolute atomic E-state index is 0. The summed E-state index contributed by atoms with van der Waals surface area (Å²) in [5.74, 6) is 0. The first-order chi connectivity index (χ1) is 3.93. The molecule has 1 nitrogen and oxygen atoms in total. The van der Waals surface area contributed by atoms with Crippen LogP contribution in [0.15, 0.2) is 30.3 Å². The van der Waals surface area contributed by atoms with Crippen LogP contribution in [0.2, 0.25) is 0 Å². The number of hydrogen-bond donors (Lipinski definition) is 0. The predicted octanol–water partition coefficient (Wildman–Crippen LogP) is 1.50. The van der Waals surface area contributed by atoms with Crippen LogP contribution in [0.1, 0.15) is 10.4 Å². The molecule has 0 aromatic heterocycles. The van der Waals surface area contributed by atoms with Gasteiger partial charge < -0.3 is 0 Å². The molecule has 1 rings (SSSR count). The Bertz CT molecular complexity index is 172. The standard InChI is InChI=1S/C7H6O.Zn/c8-6-7-4-2-1-3-5-7;/h1-6H;. The van der Waals surface area contributed by atoms with Gasteiger partial charge in [-0.15, -0.1) is 0 Å². The minimum Gasteiger partial charge on any atom is -0.298 e. The molecule has 0 fully saturated rings. The molecule has 0 saturated carbocycles. The molecule has 0 amide bonds. The molecule has 2 heteroatoms. The second-order valence-electron chi connectivity index (χ2n) is 1.53. The van der Waals surface area contributed by atoms with Gasteiger partial charge >= 0.3 is 0 Å². The number of carbonyl (C=O) groups is 1. The van der Waals surface area contributed by atoms with Crippen molar-refractivity contribution in [3.8, 4) is 0 Å². The first kappa shape index (κ1) is 8.51. The van der Waals surface area contributed by atoms with Gasteiger partial charge in [0.2, 0.25) is 0 Å². The number of rotatable bonds is 1. The Kier molecular flexibility index (Phi) is 4.16. The maximum atomic E-state index is 10.0. The van der Waals surface area contributed by atoms with E-state index in [4.69, 9.17) is 0 Å². The van der Waals surface area contributed by atoms with Gasteiger partial charge in [0.25, 0.3) is 0 Å². The van der Waals surface area contributed by atoms with Crippen LogP contribution in [-0.2, 0) is 19.5 Å². The Hall–Kier alpha value is -0.487. The Morgan fingerprint density at radius 2 is 1.67 bits per heavy atom. The monoisotopic (exact) mass is 170 g/mol. The van der Waals surface area contributed by atoms with Crippen molar-refractivity contribution in [2.24, 2.45) is 0 Å².